The number of nitrogens with zero attached hydrogens (tertiary/aromatic N) is 1. The Kier molecular flexibility index (Phi) is 2.73. The number of H-pyrrole nitrogens is 1. The molecular formula is C10H9FN2OS. The van der Waals surface area contributed by atoms with Crippen molar-refractivity contribution in [2.24, 2.45) is 0 Å². The summed E-state index contributed by atoms with van der Waals surface area (Å²) in [4.78, 5) is 18.4. The highest BCUT2D eigenvalue weighted by molar-refractivity contribution is 7.99. The summed E-state index contributed by atoms with van der Waals surface area (Å²) in [5.41, 5.74) is 0.172. The van der Waals surface area contributed by atoms with Gasteiger partial charge in [0.25, 0.3) is 5.56 Å². The van der Waals surface area contributed by atoms with Crippen LogP contribution in [0.3, 0.4) is 0 Å². The van der Waals surface area contributed by atoms with Gasteiger partial charge in [-0.05, 0) is 17.9 Å². The van der Waals surface area contributed by atoms with Crippen LogP contribution < -0.4 is 5.56 Å². The van der Waals surface area contributed by atoms with E-state index in [-0.39, 0.29) is 11.4 Å². The summed E-state index contributed by atoms with van der Waals surface area (Å²) >= 11 is 1.42. The molecule has 2 aromatic rings. The van der Waals surface area contributed by atoms with Crippen molar-refractivity contribution in [2.45, 2.75) is 12.1 Å². The number of aromatic amines is 1. The first-order valence-electron chi connectivity index (χ1n) is 4.53. The Labute approximate surface area is 89.7 Å². The molecule has 0 amide bonds. The zero-order valence-electron chi connectivity index (χ0n) is 8.08. The number of fused-ring (bicyclic) bond motifs is 1. The molecule has 0 radical (unpaired) electrons. The minimum Gasteiger partial charge on any atom is -0.301 e. The molecule has 0 aliphatic heterocycles. The Hall–Kier alpha value is -1.36. The second-order valence-electron chi connectivity index (χ2n) is 2.97. The van der Waals surface area contributed by atoms with E-state index in [4.69, 9.17) is 0 Å². The molecule has 15 heavy (non-hydrogen) atoms. The van der Waals surface area contributed by atoms with Crippen molar-refractivity contribution in [3.63, 3.8) is 0 Å². The van der Waals surface area contributed by atoms with E-state index in [0.717, 1.165) is 5.75 Å². The van der Waals surface area contributed by atoms with Crippen molar-refractivity contribution in [1.82, 2.24) is 9.97 Å². The van der Waals surface area contributed by atoms with E-state index >= 15 is 0 Å². The van der Waals surface area contributed by atoms with Gasteiger partial charge in [0.1, 0.15) is 5.82 Å². The quantitative estimate of drug-likeness (QED) is 0.628. The molecule has 78 valence electrons. The summed E-state index contributed by atoms with van der Waals surface area (Å²) in [5.74, 6) is 0.428. The number of hydrogen-bond acceptors (Lipinski definition) is 3. The van der Waals surface area contributed by atoms with Gasteiger partial charge in [-0.3, -0.25) is 4.79 Å². The van der Waals surface area contributed by atoms with Gasteiger partial charge in [0.05, 0.1) is 10.9 Å². The van der Waals surface area contributed by atoms with E-state index in [1.807, 2.05) is 6.92 Å². The summed E-state index contributed by atoms with van der Waals surface area (Å²) < 4.78 is 12.9. The molecule has 0 spiro atoms. The third kappa shape index (κ3) is 2.02. The molecule has 3 nitrogen and oxygen atoms in total. The number of rotatable bonds is 2. The molecule has 5 heteroatoms. The van der Waals surface area contributed by atoms with E-state index in [0.29, 0.717) is 16.1 Å². The summed E-state index contributed by atoms with van der Waals surface area (Å²) in [6, 6.07) is 3.97. The molecule has 0 bridgehead atoms. The first-order valence-corrected chi connectivity index (χ1v) is 5.51. The highest BCUT2D eigenvalue weighted by Crippen LogP contribution is 2.14. The van der Waals surface area contributed by atoms with Crippen LogP contribution in [0.5, 0.6) is 0 Å². The molecule has 0 unspecified atom stereocenters. The highest BCUT2D eigenvalue weighted by Gasteiger charge is 2.04. The summed E-state index contributed by atoms with van der Waals surface area (Å²) in [6.07, 6.45) is 0. The summed E-state index contributed by atoms with van der Waals surface area (Å²) in [7, 11) is 0. The predicted molar refractivity (Wildman–Crippen MR) is 58.7 cm³/mol. The first kappa shape index (κ1) is 10.2. The molecule has 1 aromatic heterocycles. The average Bonchev–Trinajstić information content (AvgIpc) is 2.17. The molecule has 1 aromatic carbocycles. The molecule has 0 aliphatic rings. The van der Waals surface area contributed by atoms with Gasteiger partial charge in [0.15, 0.2) is 5.16 Å². The number of nitrogens with one attached hydrogen (secondary N) is 1. The van der Waals surface area contributed by atoms with Crippen molar-refractivity contribution in [3.05, 3.63) is 34.4 Å². The highest BCUT2D eigenvalue weighted by atomic mass is 32.2. The Morgan fingerprint density at radius 3 is 3.07 bits per heavy atom. The van der Waals surface area contributed by atoms with Gasteiger partial charge < -0.3 is 4.98 Å². The topological polar surface area (TPSA) is 45.8 Å². The molecule has 1 heterocycles. The maximum absolute atomic E-state index is 12.9. The van der Waals surface area contributed by atoms with Crippen LogP contribution in [0.1, 0.15) is 6.92 Å². The smallest absolute Gasteiger partial charge is 0.259 e. The van der Waals surface area contributed by atoms with Gasteiger partial charge in [0, 0.05) is 6.07 Å². The van der Waals surface area contributed by atoms with Gasteiger partial charge in [0.2, 0.25) is 0 Å². The van der Waals surface area contributed by atoms with Crippen molar-refractivity contribution in [1.29, 1.82) is 0 Å². The zero-order valence-corrected chi connectivity index (χ0v) is 8.90. The zero-order chi connectivity index (χ0) is 10.8. The van der Waals surface area contributed by atoms with Crippen LogP contribution in [0.4, 0.5) is 4.39 Å². The number of thioether (sulfide) groups is 1. The Morgan fingerprint density at radius 2 is 2.33 bits per heavy atom. The van der Waals surface area contributed by atoms with Gasteiger partial charge in [-0.2, -0.15) is 0 Å². The fourth-order valence-electron chi connectivity index (χ4n) is 1.30. The lowest BCUT2D eigenvalue weighted by atomic mass is 10.2. The lowest BCUT2D eigenvalue weighted by Gasteiger charge is -2.00. The monoisotopic (exact) mass is 224 g/mol. The third-order valence-corrected chi connectivity index (χ3v) is 2.68. The van der Waals surface area contributed by atoms with Crippen LogP contribution in [0, 0.1) is 5.82 Å². The largest absolute Gasteiger partial charge is 0.301 e. The van der Waals surface area contributed by atoms with Crippen molar-refractivity contribution < 1.29 is 4.39 Å². The Balaban J connectivity index is 2.68. The van der Waals surface area contributed by atoms with Crippen LogP contribution in [0.25, 0.3) is 10.9 Å². The predicted octanol–water partition coefficient (Wildman–Crippen LogP) is 2.17. The van der Waals surface area contributed by atoms with Crippen LogP contribution in [-0.4, -0.2) is 15.7 Å². The number of benzene rings is 1. The maximum atomic E-state index is 12.9. The normalized spacial score (nSPS) is 10.8. The second-order valence-corrected chi connectivity index (χ2v) is 4.22. The molecule has 2 rings (SSSR count). The molecule has 1 N–H and O–H groups in total. The Morgan fingerprint density at radius 1 is 1.53 bits per heavy atom. The fraction of sp³-hybridized carbons (Fsp3) is 0.200. The molecule has 0 aliphatic carbocycles. The maximum Gasteiger partial charge on any atom is 0.259 e. The van der Waals surface area contributed by atoms with E-state index in [9.17, 15) is 9.18 Å². The van der Waals surface area contributed by atoms with Crippen molar-refractivity contribution in [2.75, 3.05) is 5.75 Å². The average molecular weight is 224 g/mol. The molecule has 0 saturated heterocycles. The lowest BCUT2D eigenvalue weighted by molar-refractivity contribution is 0.629. The number of hydrogen-bond donors (Lipinski definition) is 1. The SMILES string of the molecule is CCSc1nc2cc(F)ccc2c(=O)[nH]1. The van der Waals surface area contributed by atoms with E-state index in [1.54, 1.807) is 0 Å². The third-order valence-electron chi connectivity index (χ3n) is 1.93. The number of aromatic nitrogens is 2. The lowest BCUT2D eigenvalue weighted by Crippen LogP contribution is -2.09. The summed E-state index contributed by atoms with van der Waals surface area (Å²) in [5, 5.41) is 0.942. The molecular weight excluding hydrogens is 215 g/mol. The minimum atomic E-state index is -0.381. The van der Waals surface area contributed by atoms with Crippen LogP contribution in [0.15, 0.2) is 28.2 Å². The van der Waals surface area contributed by atoms with Gasteiger partial charge in [-0.25, -0.2) is 9.37 Å². The van der Waals surface area contributed by atoms with Gasteiger partial charge >= 0.3 is 0 Å². The second kappa shape index (κ2) is 4.02. The van der Waals surface area contributed by atoms with E-state index < -0.39 is 0 Å². The van der Waals surface area contributed by atoms with Crippen molar-refractivity contribution >= 4 is 22.7 Å². The van der Waals surface area contributed by atoms with E-state index in [1.165, 1.54) is 30.0 Å². The van der Waals surface area contributed by atoms with Gasteiger partial charge in [-0.1, -0.05) is 18.7 Å². The fourth-order valence-corrected chi connectivity index (χ4v) is 1.90. The van der Waals surface area contributed by atoms with Crippen LogP contribution in [-0.2, 0) is 0 Å². The van der Waals surface area contributed by atoms with Crippen LogP contribution in [0.2, 0.25) is 0 Å². The Bertz CT molecular complexity index is 553. The number of halogens is 1. The summed E-state index contributed by atoms with van der Waals surface area (Å²) in [6.45, 7) is 1.96. The standard InChI is InChI=1S/C10H9FN2OS/c1-2-15-10-12-8-5-6(11)3-4-7(8)9(14)13-10/h3-5H,2H2,1H3,(H,12,13,14). The molecule has 0 fully saturated rings. The van der Waals surface area contributed by atoms with Crippen molar-refractivity contribution in [3.8, 4) is 0 Å². The van der Waals surface area contributed by atoms with E-state index in [2.05, 4.69) is 9.97 Å². The van der Waals surface area contributed by atoms with Crippen LogP contribution >= 0.6 is 11.8 Å². The first-order chi connectivity index (χ1) is 7.20. The molecule has 0 saturated carbocycles. The van der Waals surface area contributed by atoms with Gasteiger partial charge in [-0.15, -0.1) is 0 Å². The minimum absolute atomic E-state index is 0.226. The molecule has 0 atom stereocenters.